The fourth-order valence-electron chi connectivity index (χ4n) is 4.13. The van der Waals surface area contributed by atoms with Crippen LogP contribution in [0.4, 0.5) is 40.6 Å². The van der Waals surface area contributed by atoms with Crippen LogP contribution in [0.15, 0.2) is 52.7 Å². The van der Waals surface area contributed by atoms with E-state index in [0.717, 1.165) is 28.6 Å². The third-order valence-corrected chi connectivity index (χ3v) is 6.16. The second kappa shape index (κ2) is 13.0. The van der Waals surface area contributed by atoms with Crippen LogP contribution < -0.4 is 21.7 Å². The molecule has 1 unspecified atom stereocenters. The minimum absolute atomic E-state index is 0.0771. The molecule has 8 N–H and O–H groups in total. The van der Waals surface area contributed by atoms with Crippen molar-refractivity contribution >= 4 is 51.4 Å². The van der Waals surface area contributed by atoms with Gasteiger partial charge in [0.15, 0.2) is 0 Å². The summed E-state index contributed by atoms with van der Waals surface area (Å²) in [5.74, 6) is 1.07. The minimum Gasteiger partial charge on any atom is -0.507 e. The van der Waals surface area contributed by atoms with Crippen LogP contribution in [0.3, 0.4) is 0 Å². The van der Waals surface area contributed by atoms with Crippen molar-refractivity contribution in [2.75, 3.05) is 41.4 Å². The lowest BCUT2D eigenvalue weighted by molar-refractivity contribution is 0.228. The molecule has 4 rings (SSSR count). The maximum absolute atomic E-state index is 10.5. The Labute approximate surface area is 232 Å². The summed E-state index contributed by atoms with van der Waals surface area (Å²) in [6.45, 7) is 6.28. The number of phenols is 1. The quantitative estimate of drug-likeness (QED) is 0.0936. The molecule has 1 heterocycles. The maximum atomic E-state index is 10.5. The van der Waals surface area contributed by atoms with E-state index in [9.17, 15) is 15.3 Å². The van der Waals surface area contributed by atoms with Crippen molar-refractivity contribution < 1.29 is 15.3 Å². The molecule has 0 amide bonds. The Hall–Kier alpha value is -4.55. The number of azo groups is 1. The maximum Gasteiger partial charge on any atom is 0.233 e. The van der Waals surface area contributed by atoms with Gasteiger partial charge in [0.05, 0.1) is 29.4 Å². The Balaban J connectivity index is 1.58. The zero-order valence-electron chi connectivity index (χ0n) is 22.8. The molecule has 0 fully saturated rings. The summed E-state index contributed by atoms with van der Waals surface area (Å²) < 4.78 is 0. The summed E-state index contributed by atoms with van der Waals surface area (Å²) in [6, 6.07) is 12.4. The van der Waals surface area contributed by atoms with E-state index >= 15 is 0 Å². The second-order valence-corrected chi connectivity index (χ2v) is 9.48. The number of aliphatic hydroxyl groups excluding tert-OH is 2. The first-order valence-electron chi connectivity index (χ1n) is 13.1. The number of aromatic nitrogens is 3. The number of aliphatic hydroxyl groups is 2. The van der Waals surface area contributed by atoms with E-state index in [0.29, 0.717) is 47.3 Å². The Morgan fingerprint density at radius 3 is 2.45 bits per heavy atom. The molecule has 0 saturated carbocycles. The standard InChI is InChI=1S/C28H35N9O3/c1-4-10-30-26-33-27(35-28(34-26)32-20(15-39)9-11-38)31-19-6-8-22(17(3)14-19)36-37-25-21(29)7-5-18-12-16(2)13-23(40)24(18)25/h5-8,12-14,20,38-40H,4,9-11,15,29H2,1-3H3,(H3,30,31,32,33,34,35). The van der Waals surface area contributed by atoms with Crippen LogP contribution in [-0.2, 0) is 0 Å². The van der Waals surface area contributed by atoms with Crippen LogP contribution in [0.5, 0.6) is 5.75 Å². The third kappa shape index (κ3) is 6.90. The largest absolute Gasteiger partial charge is 0.507 e. The summed E-state index contributed by atoms with van der Waals surface area (Å²) in [5.41, 5.74) is 10.1. The van der Waals surface area contributed by atoms with Crippen molar-refractivity contribution in [3.8, 4) is 5.75 Å². The summed E-state index contributed by atoms with van der Waals surface area (Å²) in [4.78, 5) is 13.3. The first kappa shape index (κ1) is 28.5. The highest BCUT2D eigenvalue weighted by Crippen LogP contribution is 2.39. The van der Waals surface area contributed by atoms with E-state index in [1.54, 1.807) is 12.1 Å². The van der Waals surface area contributed by atoms with Crippen molar-refractivity contribution in [2.24, 2.45) is 10.2 Å². The number of nitrogen functional groups attached to an aromatic ring is 1. The molecule has 210 valence electrons. The summed E-state index contributed by atoms with van der Waals surface area (Å²) >= 11 is 0. The highest BCUT2D eigenvalue weighted by Gasteiger charge is 2.13. The van der Waals surface area contributed by atoms with Crippen molar-refractivity contribution in [3.63, 3.8) is 0 Å². The third-order valence-electron chi connectivity index (χ3n) is 6.16. The van der Waals surface area contributed by atoms with Gasteiger partial charge in [-0.1, -0.05) is 19.1 Å². The van der Waals surface area contributed by atoms with Crippen LogP contribution in [0.25, 0.3) is 10.8 Å². The topological polar surface area (TPSA) is 186 Å². The number of nitrogens with one attached hydrogen (secondary N) is 3. The van der Waals surface area contributed by atoms with Crippen molar-refractivity contribution in [2.45, 2.75) is 39.7 Å². The number of anilines is 5. The molecule has 12 nitrogen and oxygen atoms in total. The van der Waals surface area contributed by atoms with Crippen molar-refractivity contribution in [1.82, 2.24) is 15.0 Å². The van der Waals surface area contributed by atoms with E-state index in [4.69, 9.17) is 5.73 Å². The zero-order chi connectivity index (χ0) is 28.6. The molecule has 1 atom stereocenters. The molecule has 12 heteroatoms. The van der Waals surface area contributed by atoms with Gasteiger partial charge in [-0.25, -0.2) is 0 Å². The summed E-state index contributed by atoms with van der Waals surface area (Å²) in [7, 11) is 0. The van der Waals surface area contributed by atoms with Gasteiger partial charge < -0.3 is 37.0 Å². The molecule has 4 aromatic rings. The van der Waals surface area contributed by atoms with Gasteiger partial charge in [0, 0.05) is 18.8 Å². The van der Waals surface area contributed by atoms with E-state index in [1.807, 2.05) is 51.1 Å². The van der Waals surface area contributed by atoms with Gasteiger partial charge in [0.25, 0.3) is 0 Å². The average Bonchev–Trinajstić information content (AvgIpc) is 2.92. The van der Waals surface area contributed by atoms with Crippen LogP contribution in [0.1, 0.15) is 30.9 Å². The number of aryl methyl sites for hydroxylation is 2. The molecule has 0 bridgehead atoms. The number of fused-ring (bicyclic) bond motifs is 1. The fraction of sp³-hybridized carbons (Fsp3) is 0.321. The second-order valence-electron chi connectivity index (χ2n) is 9.48. The normalized spacial score (nSPS) is 12.1. The average molecular weight is 546 g/mol. The Morgan fingerprint density at radius 2 is 1.73 bits per heavy atom. The number of aromatic hydroxyl groups is 1. The molecular formula is C28H35N9O3. The van der Waals surface area contributed by atoms with Gasteiger partial charge >= 0.3 is 0 Å². The molecule has 0 radical (unpaired) electrons. The van der Waals surface area contributed by atoms with Crippen LogP contribution in [0.2, 0.25) is 0 Å². The SMILES string of the molecule is CCCNc1nc(Nc2ccc(N=Nc3c(N)ccc4cc(C)cc(O)c34)c(C)c2)nc(NC(CO)CCO)n1. The lowest BCUT2D eigenvalue weighted by Gasteiger charge is -2.16. The fourth-order valence-corrected chi connectivity index (χ4v) is 4.13. The summed E-state index contributed by atoms with van der Waals surface area (Å²) in [5, 5.41) is 49.0. The number of hydrogen-bond acceptors (Lipinski definition) is 12. The summed E-state index contributed by atoms with van der Waals surface area (Å²) in [6.07, 6.45) is 1.24. The number of nitrogens with two attached hydrogens (primary N) is 1. The molecule has 0 spiro atoms. The lowest BCUT2D eigenvalue weighted by atomic mass is 10.0. The smallest absolute Gasteiger partial charge is 0.233 e. The van der Waals surface area contributed by atoms with Gasteiger partial charge in [-0.15, -0.1) is 5.11 Å². The lowest BCUT2D eigenvalue weighted by Crippen LogP contribution is -2.26. The van der Waals surface area contributed by atoms with E-state index in [1.165, 1.54) is 0 Å². The molecule has 0 saturated heterocycles. The predicted molar refractivity (Wildman–Crippen MR) is 158 cm³/mol. The highest BCUT2D eigenvalue weighted by atomic mass is 16.3. The molecule has 3 aromatic carbocycles. The van der Waals surface area contributed by atoms with Crippen LogP contribution in [-0.4, -0.2) is 56.1 Å². The molecule has 0 aliphatic rings. The molecular weight excluding hydrogens is 510 g/mol. The van der Waals surface area contributed by atoms with Gasteiger partial charge in [-0.05, 0) is 73.5 Å². The molecule has 1 aromatic heterocycles. The van der Waals surface area contributed by atoms with E-state index in [-0.39, 0.29) is 24.9 Å². The zero-order valence-corrected chi connectivity index (χ0v) is 22.8. The number of nitrogens with zero attached hydrogens (tertiary/aromatic N) is 5. The van der Waals surface area contributed by atoms with Gasteiger partial charge in [-0.3, -0.25) is 0 Å². The monoisotopic (exact) mass is 545 g/mol. The molecule has 40 heavy (non-hydrogen) atoms. The Bertz CT molecular complexity index is 1510. The predicted octanol–water partition coefficient (Wildman–Crippen LogP) is 5.07. The van der Waals surface area contributed by atoms with Gasteiger partial charge in [0.2, 0.25) is 17.8 Å². The minimum atomic E-state index is -0.395. The molecule has 0 aliphatic carbocycles. The van der Waals surface area contributed by atoms with Gasteiger partial charge in [0.1, 0.15) is 11.4 Å². The number of phenolic OH excluding ortho intramolecular Hbond substituents is 1. The first-order valence-corrected chi connectivity index (χ1v) is 13.1. The highest BCUT2D eigenvalue weighted by molar-refractivity contribution is 6.02. The number of benzene rings is 3. The number of hydrogen-bond donors (Lipinski definition) is 7. The van der Waals surface area contributed by atoms with Crippen LogP contribution in [0, 0.1) is 13.8 Å². The van der Waals surface area contributed by atoms with E-state index in [2.05, 4.69) is 41.1 Å². The van der Waals surface area contributed by atoms with E-state index < -0.39 is 6.04 Å². The Morgan fingerprint density at radius 1 is 0.950 bits per heavy atom. The molecule has 0 aliphatic heterocycles. The number of rotatable bonds is 12. The Kier molecular flexibility index (Phi) is 9.25. The van der Waals surface area contributed by atoms with Crippen LogP contribution >= 0.6 is 0 Å². The first-order chi connectivity index (χ1) is 19.3. The van der Waals surface area contributed by atoms with Crippen molar-refractivity contribution in [1.29, 1.82) is 0 Å². The van der Waals surface area contributed by atoms with Gasteiger partial charge in [-0.2, -0.15) is 20.1 Å². The van der Waals surface area contributed by atoms with Crippen molar-refractivity contribution in [3.05, 3.63) is 53.6 Å².